The van der Waals surface area contributed by atoms with E-state index in [1.165, 1.54) is 5.56 Å². The fourth-order valence-corrected chi connectivity index (χ4v) is 2.33. The maximum absolute atomic E-state index is 9.41. The monoisotopic (exact) mass is 254 g/mol. The van der Waals surface area contributed by atoms with Crippen LogP contribution in [0.3, 0.4) is 0 Å². The lowest BCUT2D eigenvalue weighted by molar-refractivity contribution is 0.126. The van der Waals surface area contributed by atoms with E-state index in [1.807, 2.05) is 12.1 Å². The zero-order valence-corrected chi connectivity index (χ0v) is 10.7. The standard InChI is InChI=1S/C13H19ClN2O/c14-12-4-2-11(3-5-12)9-16-7-1-6-15-8-13(16)10-17/h2-5,13,15,17H,1,6-10H2. The van der Waals surface area contributed by atoms with Crippen LogP contribution in [0.5, 0.6) is 0 Å². The number of aliphatic hydroxyl groups excluding tert-OH is 1. The quantitative estimate of drug-likeness (QED) is 0.858. The van der Waals surface area contributed by atoms with Crippen molar-refractivity contribution in [2.24, 2.45) is 0 Å². The Morgan fingerprint density at radius 3 is 2.82 bits per heavy atom. The number of nitrogens with zero attached hydrogens (tertiary/aromatic N) is 1. The number of halogens is 1. The molecule has 2 rings (SSSR count). The second-order valence-electron chi connectivity index (χ2n) is 4.49. The summed E-state index contributed by atoms with van der Waals surface area (Å²) in [5, 5.41) is 13.5. The van der Waals surface area contributed by atoms with Crippen LogP contribution in [0.15, 0.2) is 24.3 Å². The van der Waals surface area contributed by atoms with E-state index in [2.05, 4.69) is 22.3 Å². The van der Waals surface area contributed by atoms with E-state index < -0.39 is 0 Å². The Kier molecular flexibility index (Phi) is 4.80. The highest BCUT2D eigenvalue weighted by molar-refractivity contribution is 6.30. The second-order valence-corrected chi connectivity index (χ2v) is 4.93. The molecule has 0 spiro atoms. The third-order valence-corrected chi connectivity index (χ3v) is 3.46. The van der Waals surface area contributed by atoms with Crippen molar-refractivity contribution in [3.63, 3.8) is 0 Å². The molecule has 0 saturated carbocycles. The molecule has 1 aliphatic heterocycles. The minimum absolute atomic E-state index is 0.209. The van der Waals surface area contributed by atoms with Crippen LogP contribution in [-0.2, 0) is 6.54 Å². The third-order valence-electron chi connectivity index (χ3n) is 3.20. The van der Waals surface area contributed by atoms with E-state index in [1.54, 1.807) is 0 Å². The molecule has 1 saturated heterocycles. The highest BCUT2D eigenvalue weighted by Gasteiger charge is 2.19. The van der Waals surface area contributed by atoms with Gasteiger partial charge in [-0.05, 0) is 30.7 Å². The molecule has 1 aromatic carbocycles. The fraction of sp³-hybridized carbons (Fsp3) is 0.538. The summed E-state index contributed by atoms with van der Waals surface area (Å²) < 4.78 is 0. The van der Waals surface area contributed by atoms with Crippen molar-refractivity contribution in [2.45, 2.75) is 19.0 Å². The molecule has 0 aliphatic carbocycles. The summed E-state index contributed by atoms with van der Waals surface area (Å²) in [5.41, 5.74) is 1.25. The molecule has 0 radical (unpaired) electrons. The van der Waals surface area contributed by atoms with Gasteiger partial charge < -0.3 is 10.4 Å². The molecule has 0 aromatic heterocycles. The van der Waals surface area contributed by atoms with Crippen LogP contribution < -0.4 is 5.32 Å². The Balaban J connectivity index is 2.01. The molecule has 17 heavy (non-hydrogen) atoms. The normalized spacial score (nSPS) is 22.4. The van der Waals surface area contributed by atoms with Gasteiger partial charge in [0.15, 0.2) is 0 Å². The van der Waals surface area contributed by atoms with Crippen molar-refractivity contribution >= 4 is 11.6 Å². The molecule has 1 aromatic rings. The maximum Gasteiger partial charge on any atom is 0.0599 e. The summed E-state index contributed by atoms with van der Waals surface area (Å²) in [6, 6.07) is 8.15. The van der Waals surface area contributed by atoms with E-state index in [-0.39, 0.29) is 12.6 Å². The topological polar surface area (TPSA) is 35.5 Å². The van der Waals surface area contributed by atoms with Crippen molar-refractivity contribution < 1.29 is 5.11 Å². The highest BCUT2D eigenvalue weighted by Crippen LogP contribution is 2.14. The zero-order valence-electron chi connectivity index (χ0n) is 9.90. The Morgan fingerprint density at radius 1 is 1.35 bits per heavy atom. The number of rotatable bonds is 3. The van der Waals surface area contributed by atoms with Crippen molar-refractivity contribution in [2.75, 3.05) is 26.2 Å². The molecule has 3 nitrogen and oxygen atoms in total. The van der Waals surface area contributed by atoms with Crippen LogP contribution in [0, 0.1) is 0 Å². The molecule has 1 aliphatic rings. The summed E-state index contributed by atoms with van der Waals surface area (Å²) in [5.74, 6) is 0. The number of nitrogens with one attached hydrogen (secondary N) is 1. The van der Waals surface area contributed by atoms with E-state index in [9.17, 15) is 5.11 Å². The fourth-order valence-electron chi connectivity index (χ4n) is 2.20. The Bertz CT molecular complexity index is 342. The highest BCUT2D eigenvalue weighted by atomic mass is 35.5. The number of hydrogen-bond donors (Lipinski definition) is 2. The summed E-state index contributed by atoms with van der Waals surface area (Å²) in [4.78, 5) is 2.34. The van der Waals surface area contributed by atoms with E-state index in [0.29, 0.717) is 0 Å². The molecule has 2 N–H and O–H groups in total. The molecule has 0 bridgehead atoms. The van der Waals surface area contributed by atoms with Crippen LogP contribution in [0.2, 0.25) is 5.02 Å². The van der Waals surface area contributed by atoms with Crippen molar-refractivity contribution in [3.05, 3.63) is 34.9 Å². The molecule has 1 fully saturated rings. The molecular formula is C13H19ClN2O. The number of hydrogen-bond acceptors (Lipinski definition) is 3. The van der Waals surface area contributed by atoms with Gasteiger partial charge in [0.25, 0.3) is 0 Å². The molecule has 1 heterocycles. The summed E-state index contributed by atoms with van der Waals surface area (Å²) >= 11 is 5.87. The molecule has 1 unspecified atom stereocenters. The minimum atomic E-state index is 0.209. The molecule has 94 valence electrons. The van der Waals surface area contributed by atoms with Gasteiger partial charge in [0.1, 0.15) is 0 Å². The Hall–Kier alpha value is -0.610. The van der Waals surface area contributed by atoms with Gasteiger partial charge in [-0.2, -0.15) is 0 Å². The van der Waals surface area contributed by atoms with E-state index in [4.69, 9.17) is 11.6 Å². The predicted octanol–water partition coefficient (Wildman–Crippen LogP) is 1.50. The van der Waals surface area contributed by atoms with Gasteiger partial charge in [0, 0.05) is 30.7 Å². The van der Waals surface area contributed by atoms with E-state index >= 15 is 0 Å². The first-order chi connectivity index (χ1) is 8.29. The lowest BCUT2D eigenvalue weighted by Crippen LogP contribution is -2.41. The van der Waals surface area contributed by atoms with Crippen LogP contribution in [0.4, 0.5) is 0 Å². The predicted molar refractivity (Wildman–Crippen MR) is 70.2 cm³/mol. The van der Waals surface area contributed by atoms with Gasteiger partial charge in [-0.25, -0.2) is 0 Å². The van der Waals surface area contributed by atoms with Crippen LogP contribution in [-0.4, -0.2) is 42.3 Å². The van der Waals surface area contributed by atoms with Crippen LogP contribution >= 0.6 is 11.6 Å². The average Bonchev–Trinajstić information content (AvgIpc) is 2.57. The van der Waals surface area contributed by atoms with Crippen LogP contribution in [0.25, 0.3) is 0 Å². The van der Waals surface area contributed by atoms with Crippen molar-refractivity contribution in [3.8, 4) is 0 Å². The van der Waals surface area contributed by atoms with Crippen molar-refractivity contribution in [1.82, 2.24) is 10.2 Å². The summed E-state index contributed by atoms with van der Waals surface area (Å²) in [6.07, 6.45) is 1.13. The van der Waals surface area contributed by atoms with Gasteiger partial charge in [-0.3, -0.25) is 4.90 Å². The smallest absolute Gasteiger partial charge is 0.0599 e. The second kappa shape index (κ2) is 6.36. The molecule has 4 heteroatoms. The van der Waals surface area contributed by atoms with Crippen molar-refractivity contribution in [1.29, 1.82) is 0 Å². The average molecular weight is 255 g/mol. The lowest BCUT2D eigenvalue weighted by Gasteiger charge is -2.28. The largest absolute Gasteiger partial charge is 0.395 e. The first-order valence-electron chi connectivity index (χ1n) is 6.09. The lowest BCUT2D eigenvalue weighted by atomic mass is 10.1. The van der Waals surface area contributed by atoms with Crippen LogP contribution in [0.1, 0.15) is 12.0 Å². The molecular weight excluding hydrogens is 236 g/mol. The number of benzene rings is 1. The number of aliphatic hydroxyl groups is 1. The first kappa shape index (κ1) is 12.8. The summed E-state index contributed by atoms with van der Waals surface area (Å²) in [7, 11) is 0. The van der Waals surface area contributed by atoms with Gasteiger partial charge in [-0.1, -0.05) is 23.7 Å². The zero-order chi connectivity index (χ0) is 12.1. The minimum Gasteiger partial charge on any atom is -0.395 e. The first-order valence-corrected chi connectivity index (χ1v) is 6.47. The van der Waals surface area contributed by atoms with Gasteiger partial charge >= 0.3 is 0 Å². The Morgan fingerprint density at radius 2 is 2.12 bits per heavy atom. The van der Waals surface area contributed by atoms with E-state index in [0.717, 1.165) is 37.6 Å². The summed E-state index contributed by atoms with van der Waals surface area (Å²) in [6.45, 7) is 4.02. The molecule has 0 amide bonds. The maximum atomic E-state index is 9.41. The Labute approximate surface area is 107 Å². The van der Waals surface area contributed by atoms with Gasteiger partial charge in [0.2, 0.25) is 0 Å². The third kappa shape index (κ3) is 3.68. The van der Waals surface area contributed by atoms with Gasteiger partial charge in [-0.15, -0.1) is 0 Å². The van der Waals surface area contributed by atoms with Gasteiger partial charge in [0.05, 0.1) is 6.61 Å². The molecule has 1 atom stereocenters. The SMILES string of the molecule is OCC1CNCCCN1Cc1ccc(Cl)cc1.